The van der Waals surface area contributed by atoms with Crippen molar-refractivity contribution in [2.75, 3.05) is 25.6 Å². The second-order valence-electron chi connectivity index (χ2n) is 3.61. The molecule has 8 heteroatoms. The smallest absolute Gasteiger partial charge is 0.335 e. The first-order valence-corrected chi connectivity index (χ1v) is 6.98. The number of benzene rings is 1. The molecule has 0 atom stereocenters. The Hall–Kier alpha value is -1.51. The van der Waals surface area contributed by atoms with Crippen LogP contribution >= 0.6 is 0 Å². The van der Waals surface area contributed by atoms with E-state index in [0.717, 1.165) is 18.2 Å². The largest absolute Gasteiger partial charge is 0.478 e. The molecule has 1 rings (SSSR count). The molecule has 0 amide bonds. The van der Waals surface area contributed by atoms with Crippen molar-refractivity contribution in [3.8, 4) is 0 Å². The van der Waals surface area contributed by atoms with E-state index in [9.17, 15) is 17.6 Å². The van der Waals surface area contributed by atoms with E-state index in [2.05, 4.69) is 0 Å². The highest BCUT2D eigenvalue weighted by Crippen LogP contribution is 2.18. The molecule has 0 unspecified atom stereocenters. The number of carboxylic acids is 1. The van der Waals surface area contributed by atoms with E-state index in [1.54, 1.807) is 0 Å². The lowest BCUT2D eigenvalue weighted by molar-refractivity contribution is 0.0696. The molecule has 2 N–H and O–H groups in total. The first-order valence-electron chi connectivity index (χ1n) is 5.32. The summed E-state index contributed by atoms with van der Waals surface area (Å²) >= 11 is 0. The van der Waals surface area contributed by atoms with E-state index in [4.69, 9.17) is 14.9 Å². The van der Waals surface area contributed by atoms with Crippen LogP contribution in [0, 0.1) is 5.82 Å². The fourth-order valence-electron chi connectivity index (χ4n) is 1.32. The molecule has 6 nitrogen and oxygen atoms in total. The fraction of sp³-hybridized carbons (Fsp3) is 0.364. The predicted octanol–water partition coefficient (Wildman–Crippen LogP) is 0.306. The quantitative estimate of drug-likeness (QED) is 0.701. The molecule has 0 radical (unpaired) electrons. The maximum atomic E-state index is 13.5. The van der Waals surface area contributed by atoms with E-state index in [1.165, 1.54) is 0 Å². The summed E-state index contributed by atoms with van der Waals surface area (Å²) in [6.45, 7) is -0.476. The van der Waals surface area contributed by atoms with Gasteiger partial charge in [0, 0.05) is 0 Å². The van der Waals surface area contributed by atoms with Gasteiger partial charge < -0.3 is 14.9 Å². The van der Waals surface area contributed by atoms with E-state index in [1.807, 2.05) is 0 Å². The molecule has 1 aromatic rings. The molecule has 0 bridgehead atoms. The predicted molar refractivity (Wildman–Crippen MR) is 63.3 cm³/mol. The number of aromatic carboxylic acids is 1. The highest BCUT2D eigenvalue weighted by molar-refractivity contribution is 7.91. The van der Waals surface area contributed by atoms with Gasteiger partial charge >= 0.3 is 5.97 Å². The van der Waals surface area contributed by atoms with Crippen molar-refractivity contribution in [2.45, 2.75) is 4.90 Å². The van der Waals surface area contributed by atoms with Crippen LogP contribution < -0.4 is 0 Å². The second-order valence-corrected chi connectivity index (χ2v) is 5.68. The summed E-state index contributed by atoms with van der Waals surface area (Å²) in [6.07, 6.45) is 0. The van der Waals surface area contributed by atoms with E-state index in [0.29, 0.717) is 0 Å². The van der Waals surface area contributed by atoms with Crippen LogP contribution in [0.3, 0.4) is 0 Å². The van der Waals surface area contributed by atoms with Gasteiger partial charge in [-0.3, -0.25) is 0 Å². The Kier molecular flexibility index (Phi) is 5.40. The molecule has 0 fully saturated rings. The lowest BCUT2D eigenvalue weighted by Gasteiger charge is -2.07. The maximum Gasteiger partial charge on any atom is 0.335 e. The Morgan fingerprint density at radius 3 is 2.58 bits per heavy atom. The van der Waals surface area contributed by atoms with Crippen molar-refractivity contribution in [1.82, 2.24) is 0 Å². The zero-order chi connectivity index (χ0) is 14.5. The Labute approximate surface area is 109 Å². The number of aliphatic hydroxyl groups excluding tert-OH is 1. The average Bonchev–Trinajstić information content (AvgIpc) is 2.34. The van der Waals surface area contributed by atoms with Crippen LogP contribution in [0.4, 0.5) is 4.39 Å². The molecular formula is C11H13FO6S. The number of hydrogen-bond donors (Lipinski definition) is 2. The summed E-state index contributed by atoms with van der Waals surface area (Å²) in [6, 6.07) is 2.56. The van der Waals surface area contributed by atoms with Crippen molar-refractivity contribution < 1.29 is 32.6 Å². The topological polar surface area (TPSA) is 101 Å². The molecule has 0 aliphatic heterocycles. The standard InChI is InChI=1S/C11H13FO6S/c12-9-2-1-8(11(14)15)7-10(9)19(16,17)6-5-18-4-3-13/h1-2,7,13H,3-6H2,(H,14,15). The third-order valence-corrected chi connectivity index (χ3v) is 3.93. The molecule has 106 valence electrons. The summed E-state index contributed by atoms with van der Waals surface area (Å²) < 4.78 is 41.9. The zero-order valence-electron chi connectivity index (χ0n) is 9.87. The van der Waals surface area contributed by atoms with Crippen LogP contribution in [0.25, 0.3) is 0 Å². The summed E-state index contributed by atoms with van der Waals surface area (Å²) in [4.78, 5) is 10.1. The number of ether oxygens (including phenoxy) is 1. The third-order valence-electron chi connectivity index (χ3n) is 2.25. The van der Waals surface area contributed by atoms with E-state index < -0.39 is 32.3 Å². The van der Waals surface area contributed by atoms with Crippen LogP contribution in [0.5, 0.6) is 0 Å². The Morgan fingerprint density at radius 1 is 1.32 bits per heavy atom. The first kappa shape index (κ1) is 15.5. The molecule has 0 saturated carbocycles. The van der Waals surface area contributed by atoms with Crippen molar-refractivity contribution in [2.24, 2.45) is 0 Å². The van der Waals surface area contributed by atoms with Crippen molar-refractivity contribution in [3.05, 3.63) is 29.6 Å². The van der Waals surface area contributed by atoms with Gasteiger partial charge in [0.2, 0.25) is 0 Å². The van der Waals surface area contributed by atoms with E-state index in [-0.39, 0.29) is 25.4 Å². The molecular weight excluding hydrogens is 279 g/mol. The number of rotatable bonds is 7. The summed E-state index contributed by atoms with van der Waals surface area (Å²) in [5.41, 5.74) is -0.309. The summed E-state index contributed by atoms with van der Waals surface area (Å²) in [5.74, 6) is -2.84. The minimum Gasteiger partial charge on any atom is -0.478 e. The number of halogens is 1. The minimum atomic E-state index is -3.97. The van der Waals surface area contributed by atoms with Crippen molar-refractivity contribution in [1.29, 1.82) is 0 Å². The molecule has 0 aliphatic carbocycles. The number of carbonyl (C=O) groups is 1. The zero-order valence-corrected chi connectivity index (χ0v) is 10.7. The molecule has 1 aromatic carbocycles. The number of aliphatic hydroxyl groups is 1. The Morgan fingerprint density at radius 2 is 2.00 bits per heavy atom. The van der Waals surface area contributed by atoms with Gasteiger partial charge in [0.1, 0.15) is 10.7 Å². The Bertz CT molecular complexity index is 554. The SMILES string of the molecule is O=C(O)c1ccc(F)c(S(=O)(=O)CCOCCO)c1. The second kappa shape index (κ2) is 6.60. The minimum absolute atomic E-state index is 0.0207. The van der Waals surface area contributed by atoms with E-state index >= 15 is 0 Å². The summed E-state index contributed by atoms with van der Waals surface area (Å²) in [5, 5.41) is 17.2. The van der Waals surface area contributed by atoms with Gasteiger partial charge in [-0.15, -0.1) is 0 Å². The Balaban J connectivity index is 2.94. The normalized spacial score (nSPS) is 11.5. The highest BCUT2D eigenvalue weighted by Gasteiger charge is 2.21. The molecule has 0 spiro atoms. The fourth-order valence-corrected chi connectivity index (χ4v) is 2.55. The number of carboxylic acid groups (broad SMARTS) is 1. The van der Waals surface area contributed by atoms with Gasteiger partial charge in [-0.1, -0.05) is 0 Å². The van der Waals surface area contributed by atoms with Crippen LogP contribution in [0.15, 0.2) is 23.1 Å². The van der Waals surface area contributed by atoms with Gasteiger partial charge in [0.15, 0.2) is 9.84 Å². The molecule has 0 aliphatic rings. The molecule has 0 heterocycles. The average molecular weight is 292 g/mol. The van der Waals surface area contributed by atoms with Crippen LogP contribution in [-0.4, -0.2) is 50.2 Å². The lowest BCUT2D eigenvalue weighted by atomic mass is 10.2. The first-order chi connectivity index (χ1) is 8.88. The van der Waals surface area contributed by atoms with Crippen LogP contribution in [-0.2, 0) is 14.6 Å². The van der Waals surface area contributed by atoms with Gasteiger partial charge in [-0.25, -0.2) is 17.6 Å². The molecule has 19 heavy (non-hydrogen) atoms. The van der Waals surface area contributed by atoms with Crippen LogP contribution in [0.1, 0.15) is 10.4 Å². The third kappa shape index (κ3) is 4.27. The molecule has 0 saturated heterocycles. The van der Waals surface area contributed by atoms with Crippen LogP contribution in [0.2, 0.25) is 0 Å². The summed E-state index contributed by atoms with van der Waals surface area (Å²) in [7, 11) is -3.97. The lowest BCUT2D eigenvalue weighted by Crippen LogP contribution is -2.16. The molecule has 0 aromatic heterocycles. The number of hydrogen-bond acceptors (Lipinski definition) is 5. The van der Waals surface area contributed by atoms with Gasteiger partial charge in [0.05, 0.1) is 31.1 Å². The van der Waals surface area contributed by atoms with Crippen molar-refractivity contribution in [3.63, 3.8) is 0 Å². The highest BCUT2D eigenvalue weighted by atomic mass is 32.2. The maximum absolute atomic E-state index is 13.5. The van der Waals surface area contributed by atoms with Gasteiger partial charge in [-0.2, -0.15) is 0 Å². The van der Waals surface area contributed by atoms with Crippen molar-refractivity contribution >= 4 is 15.8 Å². The van der Waals surface area contributed by atoms with Gasteiger partial charge in [0.25, 0.3) is 0 Å². The number of sulfone groups is 1. The van der Waals surface area contributed by atoms with Gasteiger partial charge in [-0.05, 0) is 18.2 Å². The monoisotopic (exact) mass is 292 g/mol.